The van der Waals surface area contributed by atoms with E-state index in [2.05, 4.69) is 10.2 Å². The zero-order valence-electron chi connectivity index (χ0n) is 12.8. The van der Waals surface area contributed by atoms with E-state index in [-0.39, 0.29) is 25.1 Å². The zero-order valence-corrected chi connectivity index (χ0v) is 12.8. The van der Waals surface area contributed by atoms with Crippen molar-refractivity contribution in [2.45, 2.75) is 38.6 Å². The van der Waals surface area contributed by atoms with Gasteiger partial charge in [0.25, 0.3) is 0 Å². The van der Waals surface area contributed by atoms with Gasteiger partial charge < -0.3 is 20.4 Å². The van der Waals surface area contributed by atoms with E-state index in [9.17, 15) is 9.59 Å². The molecule has 0 aromatic rings. The number of nitrogens with zero attached hydrogens (tertiary/aromatic N) is 2. The third kappa shape index (κ3) is 7.29. The first-order chi connectivity index (χ1) is 10.0. The second-order valence-electron chi connectivity index (χ2n) is 5.54. The van der Waals surface area contributed by atoms with E-state index < -0.39 is 5.97 Å². The van der Waals surface area contributed by atoms with Gasteiger partial charge in [-0.2, -0.15) is 0 Å². The van der Waals surface area contributed by atoms with Gasteiger partial charge in [-0.15, -0.1) is 0 Å². The largest absolute Gasteiger partial charge is 0.481 e. The summed E-state index contributed by atoms with van der Waals surface area (Å²) in [5.74, 6) is -0.801. The van der Waals surface area contributed by atoms with Crippen LogP contribution in [0.3, 0.4) is 0 Å². The average Bonchev–Trinajstić information content (AvgIpc) is 2.64. The number of carboxylic acids is 1. The second-order valence-corrected chi connectivity index (χ2v) is 5.54. The fourth-order valence-electron chi connectivity index (χ4n) is 2.47. The lowest BCUT2D eigenvalue weighted by atomic mass is 10.1. The molecule has 0 spiro atoms. The molecule has 1 fully saturated rings. The number of aliphatic hydroxyl groups excluding tert-OH is 1. The molecule has 1 aliphatic rings. The van der Waals surface area contributed by atoms with Gasteiger partial charge in [0.1, 0.15) is 0 Å². The van der Waals surface area contributed by atoms with Crippen molar-refractivity contribution in [3.63, 3.8) is 0 Å². The number of β-amino-alcohol motifs (C(OH)–C–C–N with tert-alkyl or cyclic N) is 1. The molecule has 7 heteroatoms. The van der Waals surface area contributed by atoms with Gasteiger partial charge in [0.15, 0.2) is 0 Å². The molecular weight excluding hydrogens is 274 g/mol. The zero-order chi connectivity index (χ0) is 15.7. The summed E-state index contributed by atoms with van der Waals surface area (Å²) >= 11 is 0. The summed E-state index contributed by atoms with van der Waals surface area (Å²) in [6.45, 7) is 5.76. The van der Waals surface area contributed by atoms with Crippen LogP contribution in [0.25, 0.3) is 0 Å². The number of rotatable bonds is 7. The summed E-state index contributed by atoms with van der Waals surface area (Å²) in [5.41, 5.74) is 0. The van der Waals surface area contributed by atoms with Crippen molar-refractivity contribution in [1.82, 2.24) is 15.1 Å². The van der Waals surface area contributed by atoms with Crippen molar-refractivity contribution in [1.29, 1.82) is 0 Å². The second kappa shape index (κ2) is 9.57. The number of hydrogen-bond acceptors (Lipinski definition) is 4. The molecule has 0 aromatic carbocycles. The van der Waals surface area contributed by atoms with Crippen LogP contribution in [0.1, 0.15) is 32.6 Å². The van der Waals surface area contributed by atoms with Crippen molar-refractivity contribution in [2.24, 2.45) is 0 Å². The van der Waals surface area contributed by atoms with Gasteiger partial charge in [-0.3, -0.25) is 9.69 Å². The fraction of sp³-hybridized carbons (Fsp3) is 0.857. The molecule has 21 heavy (non-hydrogen) atoms. The van der Waals surface area contributed by atoms with Crippen LogP contribution in [-0.2, 0) is 4.79 Å². The van der Waals surface area contributed by atoms with E-state index in [0.717, 1.165) is 26.1 Å². The van der Waals surface area contributed by atoms with Crippen molar-refractivity contribution < 1.29 is 19.8 Å². The molecule has 0 aliphatic carbocycles. The molecule has 0 bridgehead atoms. The van der Waals surface area contributed by atoms with Gasteiger partial charge in [-0.25, -0.2) is 4.79 Å². The molecule has 1 unspecified atom stereocenters. The van der Waals surface area contributed by atoms with Crippen molar-refractivity contribution in [2.75, 3.05) is 39.3 Å². The van der Waals surface area contributed by atoms with Gasteiger partial charge in [-0.1, -0.05) is 0 Å². The van der Waals surface area contributed by atoms with Crippen LogP contribution in [0.4, 0.5) is 4.79 Å². The first-order valence-corrected chi connectivity index (χ1v) is 7.63. The van der Waals surface area contributed by atoms with Gasteiger partial charge in [0.05, 0.1) is 6.61 Å². The first-order valence-electron chi connectivity index (χ1n) is 7.63. The van der Waals surface area contributed by atoms with E-state index in [1.807, 2.05) is 6.92 Å². The Labute approximate surface area is 125 Å². The number of carboxylic acid groups (broad SMARTS) is 1. The standard InChI is InChI=1S/C14H27N3O4/c1-12(4-2-5-13(19)20)15-14(21)17-7-3-6-16(8-9-17)10-11-18/h12,18H,2-11H2,1H3,(H,15,21)(H,19,20). The number of urea groups is 1. The summed E-state index contributed by atoms with van der Waals surface area (Å²) in [6.07, 6.45) is 2.28. The molecule has 1 aliphatic heterocycles. The quantitative estimate of drug-likeness (QED) is 0.630. The Hall–Kier alpha value is -1.34. The maximum Gasteiger partial charge on any atom is 0.317 e. The lowest BCUT2D eigenvalue weighted by molar-refractivity contribution is -0.137. The van der Waals surface area contributed by atoms with Gasteiger partial charge in [0.2, 0.25) is 0 Å². The first kappa shape index (κ1) is 17.7. The van der Waals surface area contributed by atoms with Gasteiger partial charge >= 0.3 is 12.0 Å². The summed E-state index contributed by atoms with van der Waals surface area (Å²) in [7, 11) is 0. The Morgan fingerprint density at radius 1 is 1.24 bits per heavy atom. The molecule has 1 saturated heterocycles. The van der Waals surface area contributed by atoms with Crippen molar-refractivity contribution in [3.8, 4) is 0 Å². The van der Waals surface area contributed by atoms with E-state index in [0.29, 0.717) is 25.9 Å². The summed E-state index contributed by atoms with van der Waals surface area (Å²) < 4.78 is 0. The molecule has 1 heterocycles. The Bertz CT molecular complexity index is 338. The van der Waals surface area contributed by atoms with Crippen LogP contribution >= 0.6 is 0 Å². The van der Waals surface area contributed by atoms with Crippen LogP contribution in [0.5, 0.6) is 0 Å². The molecular formula is C14H27N3O4. The highest BCUT2D eigenvalue weighted by Crippen LogP contribution is 2.05. The Morgan fingerprint density at radius 2 is 2.00 bits per heavy atom. The van der Waals surface area contributed by atoms with E-state index in [1.54, 1.807) is 4.90 Å². The minimum Gasteiger partial charge on any atom is -0.481 e. The Morgan fingerprint density at radius 3 is 2.67 bits per heavy atom. The van der Waals surface area contributed by atoms with E-state index in [1.165, 1.54) is 0 Å². The van der Waals surface area contributed by atoms with Crippen LogP contribution in [0, 0.1) is 0 Å². The molecule has 0 aromatic heterocycles. The number of aliphatic carboxylic acids is 1. The van der Waals surface area contributed by atoms with Crippen LogP contribution in [0.2, 0.25) is 0 Å². The van der Waals surface area contributed by atoms with Crippen LogP contribution < -0.4 is 5.32 Å². The fourth-order valence-corrected chi connectivity index (χ4v) is 2.47. The topological polar surface area (TPSA) is 93.1 Å². The predicted molar refractivity (Wildman–Crippen MR) is 79.2 cm³/mol. The molecule has 0 radical (unpaired) electrons. The Kier molecular flexibility index (Phi) is 8.07. The van der Waals surface area contributed by atoms with Gasteiger partial charge in [0, 0.05) is 38.6 Å². The number of hydrogen-bond donors (Lipinski definition) is 3. The van der Waals surface area contributed by atoms with Crippen LogP contribution in [-0.4, -0.2) is 77.4 Å². The van der Waals surface area contributed by atoms with Crippen molar-refractivity contribution in [3.05, 3.63) is 0 Å². The summed E-state index contributed by atoms with van der Waals surface area (Å²) in [4.78, 5) is 26.6. The highest BCUT2D eigenvalue weighted by atomic mass is 16.4. The molecule has 3 N–H and O–H groups in total. The Balaban J connectivity index is 2.29. The third-order valence-corrected chi connectivity index (χ3v) is 3.69. The lowest BCUT2D eigenvalue weighted by Gasteiger charge is -2.24. The van der Waals surface area contributed by atoms with Crippen LogP contribution in [0.15, 0.2) is 0 Å². The molecule has 1 rings (SSSR count). The predicted octanol–water partition coefficient (Wildman–Crippen LogP) is 0.339. The number of carbonyl (C=O) groups excluding carboxylic acids is 1. The van der Waals surface area contributed by atoms with Crippen molar-refractivity contribution >= 4 is 12.0 Å². The highest BCUT2D eigenvalue weighted by Gasteiger charge is 2.19. The number of nitrogens with one attached hydrogen (secondary N) is 1. The molecule has 2 amide bonds. The maximum absolute atomic E-state index is 12.2. The van der Waals surface area contributed by atoms with E-state index >= 15 is 0 Å². The SMILES string of the molecule is CC(CCCC(=O)O)NC(=O)N1CCCN(CCO)CC1. The average molecular weight is 301 g/mol. The molecule has 1 atom stereocenters. The minimum absolute atomic E-state index is 0.0198. The molecule has 7 nitrogen and oxygen atoms in total. The normalized spacial score (nSPS) is 18.1. The number of carbonyl (C=O) groups is 2. The number of amides is 2. The molecule has 0 saturated carbocycles. The van der Waals surface area contributed by atoms with E-state index in [4.69, 9.17) is 10.2 Å². The summed E-state index contributed by atoms with van der Waals surface area (Å²) in [5, 5.41) is 20.5. The molecule has 122 valence electrons. The lowest BCUT2D eigenvalue weighted by Crippen LogP contribution is -2.45. The monoisotopic (exact) mass is 301 g/mol. The minimum atomic E-state index is -0.801. The summed E-state index contributed by atoms with van der Waals surface area (Å²) in [6, 6.07) is -0.0997. The third-order valence-electron chi connectivity index (χ3n) is 3.69. The highest BCUT2D eigenvalue weighted by molar-refractivity contribution is 5.74. The smallest absolute Gasteiger partial charge is 0.317 e. The number of aliphatic hydroxyl groups is 1. The maximum atomic E-state index is 12.2. The van der Waals surface area contributed by atoms with Gasteiger partial charge in [-0.05, 0) is 32.7 Å².